The van der Waals surface area contributed by atoms with Crippen molar-refractivity contribution >= 4 is 0 Å². The average Bonchev–Trinajstić information content (AvgIpc) is 2.01. The summed E-state index contributed by atoms with van der Waals surface area (Å²) < 4.78 is 0. The first-order valence-electron chi connectivity index (χ1n) is 4.85. The van der Waals surface area contributed by atoms with Gasteiger partial charge in [-0.1, -0.05) is 20.8 Å². The molecule has 0 atom stereocenters. The largest absolute Gasteiger partial charge is 0.493 e. The zero-order chi connectivity index (χ0) is 10.7. The summed E-state index contributed by atoms with van der Waals surface area (Å²) in [5.74, 6) is 0.830. The van der Waals surface area contributed by atoms with Crippen LogP contribution >= 0.6 is 0 Å². The number of nitrogens with zero attached hydrogens (tertiary/aromatic N) is 1. The number of aromatic amines is 1. The maximum absolute atomic E-state index is 11.4. The van der Waals surface area contributed by atoms with Gasteiger partial charge in [-0.05, 0) is 12.3 Å². The Hall–Kier alpha value is -1.32. The Morgan fingerprint density at radius 1 is 1.50 bits per heavy atom. The third-order valence-corrected chi connectivity index (χ3v) is 2.00. The molecule has 0 aliphatic carbocycles. The fourth-order valence-electron chi connectivity index (χ4n) is 1.33. The van der Waals surface area contributed by atoms with Crippen molar-refractivity contribution in [3.05, 3.63) is 21.7 Å². The smallest absolute Gasteiger partial charge is 0.257 e. The fraction of sp³-hybridized carbons (Fsp3) is 0.600. The fourth-order valence-corrected chi connectivity index (χ4v) is 1.33. The van der Waals surface area contributed by atoms with Crippen molar-refractivity contribution in [3.63, 3.8) is 0 Å². The molecule has 0 aliphatic heterocycles. The van der Waals surface area contributed by atoms with Crippen LogP contribution in [0.5, 0.6) is 5.88 Å². The van der Waals surface area contributed by atoms with Crippen LogP contribution in [-0.2, 0) is 12.8 Å². The summed E-state index contributed by atoms with van der Waals surface area (Å²) in [6.45, 7) is 5.88. The van der Waals surface area contributed by atoms with Gasteiger partial charge in [-0.3, -0.25) is 4.79 Å². The average molecular weight is 196 g/mol. The summed E-state index contributed by atoms with van der Waals surface area (Å²) in [6, 6.07) is 0. The minimum absolute atomic E-state index is 0.132. The van der Waals surface area contributed by atoms with Crippen LogP contribution in [0.1, 0.15) is 32.2 Å². The Morgan fingerprint density at radius 2 is 2.14 bits per heavy atom. The number of H-pyrrole nitrogens is 1. The number of aromatic nitrogens is 2. The predicted octanol–water partition coefficient (Wildman–Crippen LogP) is 1.24. The molecule has 0 saturated heterocycles. The molecule has 14 heavy (non-hydrogen) atoms. The monoisotopic (exact) mass is 196 g/mol. The lowest BCUT2D eigenvalue weighted by molar-refractivity contribution is 0.437. The molecule has 4 nitrogen and oxygen atoms in total. The molecular formula is C10H16N2O2. The highest BCUT2D eigenvalue weighted by atomic mass is 16.3. The zero-order valence-electron chi connectivity index (χ0n) is 8.79. The molecule has 4 heteroatoms. The lowest BCUT2D eigenvalue weighted by Crippen LogP contribution is -2.17. The van der Waals surface area contributed by atoms with Crippen LogP contribution in [0.15, 0.2) is 4.79 Å². The number of rotatable bonds is 3. The van der Waals surface area contributed by atoms with E-state index in [0.717, 1.165) is 0 Å². The molecule has 1 aromatic rings. The van der Waals surface area contributed by atoms with Crippen molar-refractivity contribution in [2.75, 3.05) is 0 Å². The molecule has 0 bridgehead atoms. The highest BCUT2D eigenvalue weighted by molar-refractivity contribution is 5.22. The molecule has 1 heterocycles. The minimum atomic E-state index is -0.226. The first-order valence-corrected chi connectivity index (χ1v) is 4.85. The topological polar surface area (TPSA) is 66.0 Å². The molecule has 0 amide bonds. The van der Waals surface area contributed by atoms with Crippen LogP contribution in [0.4, 0.5) is 0 Å². The van der Waals surface area contributed by atoms with Gasteiger partial charge in [-0.25, -0.2) is 4.98 Å². The van der Waals surface area contributed by atoms with Gasteiger partial charge < -0.3 is 10.1 Å². The molecular weight excluding hydrogens is 180 g/mol. The van der Waals surface area contributed by atoms with Gasteiger partial charge in [0.2, 0.25) is 5.88 Å². The minimum Gasteiger partial charge on any atom is -0.493 e. The van der Waals surface area contributed by atoms with E-state index in [-0.39, 0.29) is 11.4 Å². The van der Waals surface area contributed by atoms with Gasteiger partial charge >= 0.3 is 0 Å². The van der Waals surface area contributed by atoms with Crippen molar-refractivity contribution in [2.24, 2.45) is 5.92 Å². The van der Waals surface area contributed by atoms with E-state index in [1.807, 2.05) is 20.8 Å². The summed E-state index contributed by atoms with van der Waals surface area (Å²) in [5, 5.41) is 9.45. The lowest BCUT2D eigenvalue weighted by atomic mass is 10.1. The molecule has 0 spiro atoms. The van der Waals surface area contributed by atoms with E-state index >= 15 is 0 Å². The van der Waals surface area contributed by atoms with Crippen molar-refractivity contribution in [1.29, 1.82) is 0 Å². The van der Waals surface area contributed by atoms with Gasteiger partial charge in [-0.2, -0.15) is 0 Å². The molecule has 0 saturated carbocycles. The van der Waals surface area contributed by atoms with Crippen molar-refractivity contribution in [3.8, 4) is 5.88 Å². The van der Waals surface area contributed by atoms with Gasteiger partial charge in [0.1, 0.15) is 5.82 Å². The van der Waals surface area contributed by atoms with E-state index < -0.39 is 0 Å². The van der Waals surface area contributed by atoms with Crippen molar-refractivity contribution in [1.82, 2.24) is 9.97 Å². The summed E-state index contributed by atoms with van der Waals surface area (Å²) in [5.41, 5.74) is 0.133. The molecule has 1 rings (SSSR count). The molecule has 0 unspecified atom stereocenters. The van der Waals surface area contributed by atoms with Gasteiger partial charge in [0.25, 0.3) is 5.56 Å². The summed E-state index contributed by atoms with van der Waals surface area (Å²) in [6.07, 6.45) is 1.17. The standard InChI is InChI=1S/C10H16N2O2/c1-4-7-9(13)11-8(5-6(2)3)12-10(7)14/h6H,4-5H2,1-3H3,(H2,11,12,13,14). The van der Waals surface area contributed by atoms with E-state index in [4.69, 9.17) is 0 Å². The molecule has 0 radical (unpaired) electrons. The van der Waals surface area contributed by atoms with Crippen molar-refractivity contribution < 1.29 is 5.11 Å². The van der Waals surface area contributed by atoms with E-state index in [1.54, 1.807) is 0 Å². The zero-order valence-corrected chi connectivity index (χ0v) is 8.79. The van der Waals surface area contributed by atoms with Crippen LogP contribution < -0.4 is 5.56 Å². The molecule has 1 aromatic heterocycles. The summed E-state index contributed by atoms with van der Waals surface area (Å²) >= 11 is 0. The first kappa shape index (κ1) is 10.8. The second-order valence-electron chi connectivity index (χ2n) is 3.77. The Morgan fingerprint density at radius 3 is 2.57 bits per heavy atom. The molecule has 0 fully saturated rings. The van der Waals surface area contributed by atoms with E-state index in [0.29, 0.717) is 30.1 Å². The highest BCUT2D eigenvalue weighted by Gasteiger charge is 2.09. The van der Waals surface area contributed by atoms with Crippen LogP contribution in [0.25, 0.3) is 0 Å². The summed E-state index contributed by atoms with van der Waals surface area (Å²) in [4.78, 5) is 18.0. The Balaban J connectivity index is 3.08. The Kier molecular flexibility index (Phi) is 3.28. The Bertz CT molecular complexity index is 369. The highest BCUT2D eigenvalue weighted by Crippen LogP contribution is 2.10. The Labute approximate surface area is 83.0 Å². The van der Waals surface area contributed by atoms with Gasteiger partial charge in [0, 0.05) is 6.42 Å². The van der Waals surface area contributed by atoms with E-state index in [2.05, 4.69) is 9.97 Å². The SMILES string of the molecule is CCc1c(O)nc(CC(C)C)[nH]c1=O. The molecule has 78 valence electrons. The molecule has 0 aromatic carbocycles. The maximum Gasteiger partial charge on any atom is 0.257 e. The van der Waals surface area contributed by atoms with Crippen LogP contribution in [0.2, 0.25) is 0 Å². The van der Waals surface area contributed by atoms with Crippen LogP contribution in [0, 0.1) is 5.92 Å². The second-order valence-corrected chi connectivity index (χ2v) is 3.77. The number of nitrogens with one attached hydrogen (secondary N) is 1. The molecule has 0 aliphatic rings. The number of hydrogen-bond acceptors (Lipinski definition) is 3. The van der Waals surface area contributed by atoms with Gasteiger partial charge in [0.05, 0.1) is 5.56 Å². The quantitative estimate of drug-likeness (QED) is 0.764. The van der Waals surface area contributed by atoms with Gasteiger partial charge in [-0.15, -0.1) is 0 Å². The first-order chi connectivity index (χ1) is 6.54. The van der Waals surface area contributed by atoms with E-state index in [1.165, 1.54) is 0 Å². The maximum atomic E-state index is 11.4. The third kappa shape index (κ3) is 2.34. The summed E-state index contributed by atoms with van der Waals surface area (Å²) in [7, 11) is 0. The van der Waals surface area contributed by atoms with Crippen LogP contribution in [0.3, 0.4) is 0 Å². The number of hydrogen-bond donors (Lipinski definition) is 2. The predicted molar refractivity (Wildman–Crippen MR) is 54.4 cm³/mol. The lowest BCUT2D eigenvalue weighted by Gasteiger charge is -2.06. The van der Waals surface area contributed by atoms with Crippen LogP contribution in [-0.4, -0.2) is 15.1 Å². The van der Waals surface area contributed by atoms with Crippen molar-refractivity contribution in [2.45, 2.75) is 33.6 Å². The third-order valence-electron chi connectivity index (χ3n) is 2.00. The number of aromatic hydroxyl groups is 1. The van der Waals surface area contributed by atoms with E-state index in [9.17, 15) is 9.90 Å². The second kappa shape index (κ2) is 4.26. The molecule has 2 N–H and O–H groups in total. The van der Waals surface area contributed by atoms with Gasteiger partial charge in [0.15, 0.2) is 0 Å². The normalized spacial score (nSPS) is 10.9.